The number of carbonyl (C=O) groups excluding carboxylic acids is 1. The highest BCUT2D eigenvalue weighted by atomic mass is 32.2. The molecule has 0 saturated carbocycles. The number of carbonyl (C=O) groups is 1. The number of aromatic nitrogens is 2. The van der Waals surface area contributed by atoms with Gasteiger partial charge in [0.25, 0.3) is 5.91 Å². The van der Waals surface area contributed by atoms with Crippen molar-refractivity contribution in [3.8, 4) is 5.75 Å². The Balaban J connectivity index is 1.80. The first-order valence-corrected chi connectivity index (χ1v) is 10.2. The van der Waals surface area contributed by atoms with Crippen molar-refractivity contribution in [1.29, 1.82) is 0 Å². The monoisotopic (exact) mass is 394 g/mol. The van der Waals surface area contributed by atoms with Crippen LogP contribution in [0.25, 0.3) is 0 Å². The van der Waals surface area contributed by atoms with Crippen LogP contribution in [0.2, 0.25) is 0 Å². The van der Waals surface area contributed by atoms with Crippen LogP contribution in [0, 0.1) is 6.92 Å². The lowest BCUT2D eigenvalue weighted by Crippen LogP contribution is -2.30. The molecule has 2 aromatic rings. The molecule has 0 aliphatic heterocycles. The summed E-state index contributed by atoms with van der Waals surface area (Å²) >= 11 is 0. The lowest BCUT2D eigenvalue weighted by atomic mass is 10.2. The second-order valence-electron chi connectivity index (χ2n) is 6.50. The van der Waals surface area contributed by atoms with E-state index >= 15 is 0 Å². The summed E-state index contributed by atoms with van der Waals surface area (Å²) in [4.78, 5) is 16.0. The maximum Gasteiger partial charge on any atom is 0.257 e. The van der Waals surface area contributed by atoms with Gasteiger partial charge in [0, 0.05) is 31.5 Å². The quantitative estimate of drug-likeness (QED) is 0.594. The SMILES string of the molecule is Cc1cc(S(=O)(=O)NC(C)C)ccc1OCC(=O)NCCCn1ccnc1. The first-order chi connectivity index (χ1) is 12.8. The van der Waals surface area contributed by atoms with Gasteiger partial charge in [0.15, 0.2) is 6.61 Å². The smallest absolute Gasteiger partial charge is 0.257 e. The van der Waals surface area contributed by atoms with Crippen LogP contribution in [0.3, 0.4) is 0 Å². The predicted octanol–water partition coefficient (Wildman–Crippen LogP) is 1.46. The maximum atomic E-state index is 12.2. The number of hydrogen-bond acceptors (Lipinski definition) is 5. The number of rotatable bonds is 10. The number of sulfonamides is 1. The van der Waals surface area contributed by atoms with Gasteiger partial charge in [-0.2, -0.15) is 0 Å². The summed E-state index contributed by atoms with van der Waals surface area (Å²) in [5, 5.41) is 2.79. The Morgan fingerprint density at radius 2 is 2.11 bits per heavy atom. The Labute approximate surface area is 160 Å². The van der Waals surface area contributed by atoms with Crippen molar-refractivity contribution in [2.75, 3.05) is 13.2 Å². The fourth-order valence-electron chi connectivity index (χ4n) is 2.43. The second kappa shape index (κ2) is 9.52. The molecule has 1 amide bonds. The first-order valence-electron chi connectivity index (χ1n) is 8.76. The fraction of sp³-hybridized carbons (Fsp3) is 0.444. The molecule has 0 aliphatic rings. The molecule has 1 aromatic carbocycles. The molecule has 0 unspecified atom stereocenters. The van der Waals surface area contributed by atoms with E-state index in [1.54, 1.807) is 39.4 Å². The molecular weight excluding hydrogens is 368 g/mol. The molecule has 0 atom stereocenters. The molecule has 1 heterocycles. The lowest BCUT2D eigenvalue weighted by molar-refractivity contribution is -0.123. The molecule has 2 N–H and O–H groups in total. The average Bonchev–Trinajstić information content (AvgIpc) is 3.10. The van der Waals surface area contributed by atoms with Gasteiger partial charge < -0.3 is 14.6 Å². The molecule has 2 rings (SSSR count). The molecule has 0 spiro atoms. The van der Waals surface area contributed by atoms with E-state index in [-0.39, 0.29) is 23.5 Å². The third-order valence-electron chi connectivity index (χ3n) is 3.68. The minimum absolute atomic E-state index is 0.123. The minimum atomic E-state index is -3.55. The fourth-order valence-corrected chi connectivity index (χ4v) is 3.77. The van der Waals surface area contributed by atoms with Gasteiger partial charge in [-0.3, -0.25) is 4.79 Å². The molecule has 27 heavy (non-hydrogen) atoms. The van der Waals surface area contributed by atoms with E-state index in [4.69, 9.17) is 4.74 Å². The summed E-state index contributed by atoms with van der Waals surface area (Å²) < 4.78 is 34.3. The zero-order chi connectivity index (χ0) is 19.9. The van der Waals surface area contributed by atoms with Gasteiger partial charge in [0.1, 0.15) is 5.75 Å². The number of hydrogen-bond donors (Lipinski definition) is 2. The summed E-state index contributed by atoms with van der Waals surface area (Å²) in [6.07, 6.45) is 6.10. The molecule has 0 fully saturated rings. The molecule has 0 radical (unpaired) electrons. The van der Waals surface area contributed by atoms with Crippen molar-refractivity contribution in [3.63, 3.8) is 0 Å². The second-order valence-corrected chi connectivity index (χ2v) is 8.21. The zero-order valence-corrected chi connectivity index (χ0v) is 16.6. The lowest BCUT2D eigenvalue weighted by Gasteiger charge is -2.13. The molecule has 148 valence electrons. The van der Waals surface area contributed by atoms with Crippen LogP contribution in [0.5, 0.6) is 5.75 Å². The molecule has 0 bridgehead atoms. The van der Waals surface area contributed by atoms with Crippen LogP contribution in [0.1, 0.15) is 25.8 Å². The molecular formula is C18H26N4O4S. The number of ether oxygens (including phenoxy) is 1. The number of nitrogens with zero attached hydrogens (tertiary/aromatic N) is 2. The van der Waals surface area contributed by atoms with Gasteiger partial charge >= 0.3 is 0 Å². The number of amides is 1. The normalized spacial score (nSPS) is 11.6. The van der Waals surface area contributed by atoms with Gasteiger partial charge in [-0.1, -0.05) is 0 Å². The van der Waals surface area contributed by atoms with Crippen molar-refractivity contribution in [2.24, 2.45) is 0 Å². The van der Waals surface area contributed by atoms with Crippen molar-refractivity contribution in [1.82, 2.24) is 19.6 Å². The Hall–Kier alpha value is -2.39. The first kappa shape index (κ1) is 20.9. The van der Waals surface area contributed by atoms with Crippen LogP contribution >= 0.6 is 0 Å². The third-order valence-corrected chi connectivity index (χ3v) is 5.34. The number of aryl methyl sites for hydroxylation is 2. The highest BCUT2D eigenvalue weighted by Crippen LogP contribution is 2.21. The molecule has 1 aromatic heterocycles. The van der Waals surface area contributed by atoms with E-state index in [2.05, 4.69) is 15.0 Å². The summed E-state index contributed by atoms with van der Waals surface area (Å²) in [5.74, 6) is 0.255. The van der Waals surface area contributed by atoms with Crippen molar-refractivity contribution in [2.45, 2.75) is 44.7 Å². The van der Waals surface area contributed by atoms with Gasteiger partial charge in [-0.25, -0.2) is 18.1 Å². The summed E-state index contributed by atoms with van der Waals surface area (Å²) in [6, 6.07) is 4.37. The zero-order valence-electron chi connectivity index (χ0n) is 15.8. The third kappa shape index (κ3) is 6.69. The van der Waals surface area contributed by atoms with Crippen LogP contribution < -0.4 is 14.8 Å². The standard InChI is InChI=1S/C18H26N4O4S/c1-14(2)21-27(24,25)16-5-6-17(15(3)11-16)26-12-18(23)20-7-4-9-22-10-8-19-13-22/h5-6,8,10-11,13-14,21H,4,7,9,12H2,1-3H3,(H,20,23). The van der Waals surface area contributed by atoms with E-state index < -0.39 is 10.0 Å². The summed E-state index contributed by atoms with van der Waals surface area (Å²) in [6.45, 7) is 6.46. The Kier molecular flexibility index (Phi) is 7.37. The summed E-state index contributed by atoms with van der Waals surface area (Å²) in [7, 11) is -3.55. The Morgan fingerprint density at radius 1 is 1.33 bits per heavy atom. The van der Waals surface area contributed by atoms with Crippen LogP contribution in [0.15, 0.2) is 41.8 Å². The van der Waals surface area contributed by atoms with Crippen molar-refractivity contribution < 1.29 is 17.9 Å². The van der Waals surface area contributed by atoms with E-state index in [9.17, 15) is 13.2 Å². The van der Waals surface area contributed by atoms with Gasteiger partial charge in [-0.15, -0.1) is 0 Å². The van der Waals surface area contributed by atoms with E-state index in [0.29, 0.717) is 17.9 Å². The maximum absolute atomic E-state index is 12.2. The van der Waals surface area contributed by atoms with E-state index in [1.165, 1.54) is 12.1 Å². The van der Waals surface area contributed by atoms with Gasteiger partial charge in [-0.05, 0) is 51.0 Å². The summed E-state index contributed by atoms with van der Waals surface area (Å²) in [5.41, 5.74) is 0.648. The largest absolute Gasteiger partial charge is 0.484 e. The van der Waals surface area contributed by atoms with Gasteiger partial charge in [0.2, 0.25) is 10.0 Å². The number of nitrogens with one attached hydrogen (secondary N) is 2. The van der Waals surface area contributed by atoms with Crippen molar-refractivity contribution >= 4 is 15.9 Å². The van der Waals surface area contributed by atoms with Gasteiger partial charge in [0.05, 0.1) is 11.2 Å². The molecule has 8 nitrogen and oxygen atoms in total. The minimum Gasteiger partial charge on any atom is -0.484 e. The predicted molar refractivity (Wildman–Crippen MR) is 102 cm³/mol. The van der Waals surface area contributed by atoms with Crippen LogP contribution in [0.4, 0.5) is 0 Å². The van der Waals surface area contributed by atoms with Crippen LogP contribution in [-0.4, -0.2) is 43.1 Å². The molecule has 9 heteroatoms. The number of benzene rings is 1. The Morgan fingerprint density at radius 3 is 2.74 bits per heavy atom. The number of imidazole rings is 1. The highest BCUT2D eigenvalue weighted by Gasteiger charge is 2.16. The van der Waals surface area contributed by atoms with E-state index in [0.717, 1.165) is 13.0 Å². The average molecular weight is 394 g/mol. The van der Waals surface area contributed by atoms with E-state index in [1.807, 2.05) is 10.8 Å². The molecule has 0 aliphatic carbocycles. The molecule has 0 saturated heterocycles. The Bertz CT molecular complexity index is 848. The topological polar surface area (TPSA) is 102 Å². The van der Waals surface area contributed by atoms with Crippen molar-refractivity contribution in [3.05, 3.63) is 42.5 Å². The van der Waals surface area contributed by atoms with Crippen LogP contribution in [-0.2, 0) is 21.4 Å². The highest BCUT2D eigenvalue weighted by molar-refractivity contribution is 7.89.